The Kier molecular flexibility index (Phi) is 7.12. The summed E-state index contributed by atoms with van der Waals surface area (Å²) in [6.07, 6.45) is 3.22. The molecule has 5 rings (SSSR count). The molecule has 1 heterocycles. The molecule has 0 radical (unpaired) electrons. The van der Waals surface area contributed by atoms with Gasteiger partial charge in [0.25, 0.3) is 0 Å². The Morgan fingerprint density at radius 2 is 1.84 bits per heavy atom. The third-order valence-electron chi connectivity index (χ3n) is 8.80. The van der Waals surface area contributed by atoms with Crippen molar-refractivity contribution in [3.63, 3.8) is 0 Å². The Bertz CT molecular complexity index is 1250. The van der Waals surface area contributed by atoms with Crippen LogP contribution in [0.3, 0.4) is 0 Å². The van der Waals surface area contributed by atoms with Crippen molar-refractivity contribution in [2.24, 2.45) is 17.3 Å². The molecule has 1 aliphatic heterocycles. The Morgan fingerprint density at radius 1 is 1.11 bits per heavy atom. The van der Waals surface area contributed by atoms with E-state index < -0.39 is 43.5 Å². The molecule has 2 aromatic rings. The van der Waals surface area contributed by atoms with Crippen LogP contribution in [-0.2, 0) is 25.7 Å². The van der Waals surface area contributed by atoms with Crippen LogP contribution in [0.15, 0.2) is 47.4 Å². The number of unbranched alkanes of at least 4 members (excludes halogenated alkanes) is 1. The Labute approximate surface area is 218 Å². The number of fused-ring (bicyclic) bond motifs is 3. The summed E-state index contributed by atoms with van der Waals surface area (Å²) in [6.45, 7) is 2.59. The molecule has 0 amide bonds. The normalized spacial score (nSPS) is 32.4. The molecule has 2 bridgehead atoms. The molecule has 3 fully saturated rings. The first-order valence-electron chi connectivity index (χ1n) is 12.9. The lowest BCUT2D eigenvalue weighted by Gasteiger charge is -2.44. The largest absolute Gasteiger partial charge is 0.743 e. The van der Waals surface area contributed by atoms with Gasteiger partial charge in [0.05, 0.1) is 0 Å². The molecular formula is C27H32F4O4S2. The summed E-state index contributed by atoms with van der Waals surface area (Å²) >= 11 is 0. The van der Waals surface area contributed by atoms with Gasteiger partial charge in [-0.25, -0.2) is 8.42 Å². The third kappa shape index (κ3) is 4.39. The molecule has 0 N–H and O–H groups in total. The van der Waals surface area contributed by atoms with Crippen molar-refractivity contribution in [3.8, 4) is 0 Å². The first kappa shape index (κ1) is 27.2. The lowest BCUT2D eigenvalue weighted by atomic mass is 9.68. The first-order valence-corrected chi connectivity index (χ1v) is 15.8. The SMILES string of the molecule is CCCCOC1CC(C23CCC(CC2C(F)(F)C(F)(F)S(=O)(=O)[O-])C3)[S+](c2cccc3ccccc23)C1. The fourth-order valence-corrected chi connectivity index (χ4v) is 11.1. The maximum Gasteiger partial charge on any atom is 0.396 e. The van der Waals surface area contributed by atoms with E-state index in [1.165, 1.54) is 0 Å². The van der Waals surface area contributed by atoms with Crippen molar-refractivity contribution in [1.29, 1.82) is 0 Å². The molecule has 6 unspecified atom stereocenters. The number of halogens is 4. The number of hydrogen-bond donors (Lipinski definition) is 0. The summed E-state index contributed by atoms with van der Waals surface area (Å²) in [5, 5.41) is -4.00. The summed E-state index contributed by atoms with van der Waals surface area (Å²) in [7, 11) is -7.12. The smallest absolute Gasteiger partial charge is 0.396 e. The van der Waals surface area contributed by atoms with Crippen molar-refractivity contribution < 1.29 is 35.3 Å². The van der Waals surface area contributed by atoms with Crippen LogP contribution in [0.5, 0.6) is 0 Å². The van der Waals surface area contributed by atoms with Gasteiger partial charge in [0.15, 0.2) is 15.0 Å². The van der Waals surface area contributed by atoms with Crippen LogP contribution in [0, 0.1) is 17.3 Å². The third-order valence-corrected chi connectivity index (χ3v) is 12.7. The van der Waals surface area contributed by atoms with E-state index in [1.807, 2.05) is 42.5 Å². The molecular weight excluding hydrogens is 528 g/mol. The second-order valence-corrected chi connectivity index (χ2v) is 14.5. The van der Waals surface area contributed by atoms with E-state index in [0.29, 0.717) is 38.0 Å². The minimum Gasteiger partial charge on any atom is -0.743 e. The second-order valence-electron chi connectivity index (χ2n) is 10.9. The van der Waals surface area contributed by atoms with Gasteiger partial charge in [-0.2, -0.15) is 17.6 Å². The highest BCUT2D eigenvalue weighted by molar-refractivity contribution is 7.98. The van der Waals surface area contributed by atoms with Gasteiger partial charge in [0.2, 0.25) is 0 Å². The quantitative estimate of drug-likeness (QED) is 0.155. The van der Waals surface area contributed by atoms with Gasteiger partial charge in [-0.15, -0.1) is 0 Å². The lowest BCUT2D eigenvalue weighted by Crippen LogP contribution is -2.57. The molecule has 0 spiro atoms. The van der Waals surface area contributed by atoms with Gasteiger partial charge >= 0.3 is 11.2 Å². The van der Waals surface area contributed by atoms with E-state index in [-0.39, 0.29) is 23.7 Å². The van der Waals surface area contributed by atoms with Crippen molar-refractivity contribution in [2.45, 2.75) is 79.3 Å². The molecule has 37 heavy (non-hydrogen) atoms. The van der Waals surface area contributed by atoms with Crippen LogP contribution in [0.2, 0.25) is 0 Å². The summed E-state index contributed by atoms with van der Waals surface area (Å²) in [5.41, 5.74) is -1.18. The van der Waals surface area contributed by atoms with Crippen LogP contribution in [-0.4, -0.2) is 47.9 Å². The standard InChI is InChI=1S/C27H32F4O4S2/c1-2-3-13-35-20-15-24(36(17-20)22-10-6-8-19-7-4-5-9-21(19)22)25-12-11-18(16-25)14-23(25)26(28,29)27(30,31)37(32,33)34/h4-10,18,20,23-24H,2-3,11-17H2,1H3. The van der Waals surface area contributed by atoms with Crippen molar-refractivity contribution in [1.82, 2.24) is 0 Å². The van der Waals surface area contributed by atoms with Crippen LogP contribution >= 0.6 is 0 Å². The minimum absolute atomic E-state index is 0.181. The topological polar surface area (TPSA) is 66.4 Å². The Morgan fingerprint density at radius 3 is 2.54 bits per heavy atom. The first-order chi connectivity index (χ1) is 17.4. The number of benzene rings is 2. The molecule has 2 aromatic carbocycles. The average molecular weight is 561 g/mol. The van der Waals surface area contributed by atoms with E-state index in [0.717, 1.165) is 28.5 Å². The zero-order valence-electron chi connectivity index (χ0n) is 20.7. The maximum absolute atomic E-state index is 15.5. The monoisotopic (exact) mass is 560 g/mol. The predicted octanol–water partition coefficient (Wildman–Crippen LogP) is 6.35. The molecule has 10 heteroatoms. The van der Waals surface area contributed by atoms with E-state index in [1.54, 1.807) is 0 Å². The lowest BCUT2D eigenvalue weighted by molar-refractivity contribution is -0.216. The van der Waals surface area contributed by atoms with E-state index >= 15 is 8.78 Å². The zero-order valence-corrected chi connectivity index (χ0v) is 22.3. The number of alkyl halides is 4. The van der Waals surface area contributed by atoms with Crippen molar-refractivity contribution in [3.05, 3.63) is 42.5 Å². The highest BCUT2D eigenvalue weighted by atomic mass is 32.2. The van der Waals surface area contributed by atoms with Crippen LogP contribution in [0.1, 0.15) is 51.9 Å². The van der Waals surface area contributed by atoms with Crippen LogP contribution in [0.4, 0.5) is 17.6 Å². The molecule has 0 aromatic heterocycles. The van der Waals surface area contributed by atoms with Crippen molar-refractivity contribution >= 4 is 31.8 Å². The van der Waals surface area contributed by atoms with E-state index in [4.69, 9.17) is 4.74 Å². The predicted molar refractivity (Wildman–Crippen MR) is 135 cm³/mol. The minimum atomic E-state index is -6.54. The molecule has 1 saturated heterocycles. The molecule has 2 saturated carbocycles. The summed E-state index contributed by atoms with van der Waals surface area (Å²) in [5.74, 6) is -6.39. The molecule has 204 valence electrons. The molecule has 4 nitrogen and oxygen atoms in total. The van der Waals surface area contributed by atoms with E-state index in [2.05, 4.69) is 6.92 Å². The van der Waals surface area contributed by atoms with E-state index in [9.17, 15) is 21.8 Å². The maximum atomic E-state index is 15.5. The Balaban J connectivity index is 1.59. The zero-order chi connectivity index (χ0) is 26.6. The summed E-state index contributed by atoms with van der Waals surface area (Å²) in [6, 6.07) is 13.7. The highest BCUT2D eigenvalue weighted by Gasteiger charge is 2.76. The fraction of sp³-hybridized carbons (Fsp3) is 0.630. The highest BCUT2D eigenvalue weighted by Crippen LogP contribution is 2.68. The molecule has 2 aliphatic carbocycles. The fourth-order valence-electron chi connectivity index (χ4n) is 7.13. The second kappa shape index (κ2) is 9.68. The van der Waals surface area contributed by atoms with Crippen LogP contribution < -0.4 is 0 Å². The molecule has 3 aliphatic rings. The van der Waals surface area contributed by atoms with Crippen molar-refractivity contribution in [2.75, 3.05) is 12.4 Å². The number of rotatable bonds is 9. The summed E-state index contributed by atoms with van der Waals surface area (Å²) < 4.78 is 100. The average Bonchev–Trinajstić information content (AvgIpc) is 3.57. The number of ether oxygens (including phenoxy) is 1. The van der Waals surface area contributed by atoms with Gasteiger partial charge in [0, 0.05) is 40.6 Å². The van der Waals surface area contributed by atoms with Gasteiger partial charge in [0.1, 0.15) is 17.1 Å². The molecule has 6 atom stereocenters. The van der Waals surface area contributed by atoms with Gasteiger partial charge in [-0.05, 0) is 55.5 Å². The van der Waals surface area contributed by atoms with Crippen LogP contribution in [0.25, 0.3) is 10.8 Å². The van der Waals surface area contributed by atoms with Gasteiger partial charge in [-0.1, -0.05) is 43.7 Å². The summed E-state index contributed by atoms with van der Waals surface area (Å²) in [4.78, 5) is 1.01. The number of hydrogen-bond acceptors (Lipinski definition) is 4. The van der Waals surface area contributed by atoms with Gasteiger partial charge in [-0.3, -0.25) is 0 Å². The Hall–Kier alpha value is -1.36. The van der Waals surface area contributed by atoms with Gasteiger partial charge < -0.3 is 9.29 Å².